The lowest BCUT2D eigenvalue weighted by Gasteiger charge is -2.40. The number of anilines is 6. The SMILES string of the molecule is Fc1cccc2c1N(c1ccc3ccccc3c1)c1ccccc1N2c1ccc2ccccc2c1. The average molecular weight is 453 g/mol. The lowest BCUT2D eigenvalue weighted by molar-refractivity contribution is 0.628. The van der Waals surface area contributed by atoms with Gasteiger partial charge in [0.1, 0.15) is 11.5 Å². The molecule has 0 saturated heterocycles. The standard InChI is InChI=1S/C32H21FN2/c33-28-12-7-15-31-32(28)35(27-19-17-23-9-2-4-11-25(23)21-27)30-14-6-5-13-29(30)34(31)26-18-16-22-8-1-3-10-24(22)20-26/h1-21H. The lowest BCUT2D eigenvalue weighted by Crippen LogP contribution is -2.25. The molecule has 1 aliphatic rings. The summed E-state index contributed by atoms with van der Waals surface area (Å²) in [6.07, 6.45) is 0. The van der Waals surface area contributed by atoms with Crippen LogP contribution >= 0.6 is 0 Å². The molecule has 6 aromatic carbocycles. The van der Waals surface area contributed by atoms with E-state index in [0.717, 1.165) is 44.6 Å². The van der Waals surface area contributed by atoms with Crippen molar-refractivity contribution in [2.75, 3.05) is 9.80 Å². The van der Waals surface area contributed by atoms with Crippen molar-refractivity contribution in [2.45, 2.75) is 0 Å². The molecule has 0 saturated carbocycles. The number of halogens is 1. The van der Waals surface area contributed by atoms with E-state index >= 15 is 4.39 Å². The molecule has 0 radical (unpaired) electrons. The first-order chi connectivity index (χ1) is 17.3. The molecule has 3 heteroatoms. The maximum absolute atomic E-state index is 15.7. The van der Waals surface area contributed by atoms with E-state index < -0.39 is 0 Å². The molecular formula is C32H21FN2. The van der Waals surface area contributed by atoms with Gasteiger partial charge in [-0.2, -0.15) is 0 Å². The molecule has 2 nitrogen and oxygen atoms in total. The summed E-state index contributed by atoms with van der Waals surface area (Å²) in [4.78, 5) is 4.21. The smallest absolute Gasteiger partial charge is 0.149 e. The van der Waals surface area contributed by atoms with Gasteiger partial charge in [-0.1, -0.05) is 78.9 Å². The maximum Gasteiger partial charge on any atom is 0.149 e. The van der Waals surface area contributed by atoms with Crippen LogP contribution < -0.4 is 9.80 Å². The molecule has 0 bridgehead atoms. The fraction of sp³-hybridized carbons (Fsp3) is 0. The number of hydrogen-bond acceptors (Lipinski definition) is 2. The number of fused-ring (bicyclic) bond motifs is 4. The highest BCUT2D eigenvalue weighted by Gasteiger charge is 2.32. The Kier molecular flexibility index (Phi) is 4.36. The van der Waals surface area contributed by atoms with Gasteiger partial charge in [0.2, 0.25) is 0 Å². The van der Waals surface area contributed by atoms with Crippen LogP contribution in [0, 0.1) is 5.82 Å². The molecule has 0 aromatic heterocycles. The summed E-state index contributed by atoms with van der Waals surface area (Å²) in [6, 6.07) is 42.8. The predicted octanol–water partition coefficient (Wildman–Crippen LogP) is 9.39. The van der Waals surface area contributed by atoms with Crippen molar-refractivity contribution in [1.82, 2.24) is 0 Å². The van der Waals surface area contributed by atoms with Gasteiger partial charge in [-0.05, 0) is 70.1 Å². The van der Waals surface area contributed by atoms with Crippen LogP contribution in [0.25, 0.3) is 21.5 Å². The first-order valence-electron chi connectivity index (χ1n) is 11.7. The number of hydrogen-bond donors (Lipinski definition) is 0. The first-order valence-corrected chi connectivity index (χ1v) is 11.7. The summed E-state index contributed by atoms with van der Waals surface area (Å²) < 4.78 is 15.7. The van der Waals surface area contributed by atoms with Crippen LogP contribution in [0.1, 0.15) is 0 Å². The van der Waals surface area contributed by atoms with Crippen LogP contribution in [0.15, 0.2) is 127 Å². The highest BCUT2D eigenvalue weighted by molar-refractivity contribution is 6.03. The number of para-hydroxylation sites is 3. The Morgan fingerprint density at radius 2 is 0.886 bits per heavy atom. The van der Waals surface area contributed by atoms with E-state index in [2.05, 4.69) is 77.7 Å². The van der Waals surface area contributed by atoms with Gasteiger partial charge in [-0.25, -0.2) is 4.39 Å². The Morgan fingerprint density at radius 3 is 1.51 bits per heavy atom. The Bertz CT molecular complexity index is 1740. The minimum atomic E-state index is -0.254. The molecule has 0 amide bonds. The fourth-order valence-corrected chi connectivity index (χ4v) is 5.18. The minimum absolute atomic E-state index is 0.254. The van der Waals surface area contributed by atoms with Crippen molar-refractivity contribution in [3.05, 3.63) is 133 Å². The zero-order valence-electron chi connectivity index (χ0n) is 18.9. The van der Waals surface area contributed by atoms with E-state index in [1.807, 2.05) is 47.4 Å². The van der Waals surface area contributed by atoms with E-state index in [9.17, 15) is 0 Å². The summed E-state index contributed by atoms with van der Waals surface area (Å²) in [6.45, 7) is 0. The van der Waals surface area contributed by atoms with E-state index in [1.54, 1.807) is 12.1 Å². The van der Waals surface area contributed by atoms with Crippen molar-refractivity contribution in [3.63, 3.8) is 0 Å². The summed E-state index contributed by atoms with van der Waals surface area (Å²) in [5.41, 5.74) is 5.24. The van der Waals surface area contributed by atoms with Crippen LogP contribution in [-0.2, 0) is 0 Å². The van der Waals surface area contributed by atoms with Crippen molar-refractivity contribution in [3.8, 4) is 0 Å². The van der Waals surface area contributed by atoms with Gasteiger partial charge in [-0.15, -0.1) is 0 Å². The van der Waals surface area contributed by atoms with E-state index in [1.165, 1.54) is 5.39 Å². The normalized spacial score (nSPS) is 12.6. The van der Waals surface area contributed by atoms with Crippen LogP contribution in [-0.4, -0.2) is 0 Å². The Balaban J connectivity index is 1.50. The van der Waals surface area contributed by atoms with Gasteiger partial charge in [0.15, 0.2) is 0 Å². The predicted molar refractivity (Wildman–Crippen MR) is 144 cm³/mol. The number of rotatable bonds is 2. The van der Waals surface area contributed by atoms with Gasteiger partial charge in [0.25, 0.3) is 0 Å². The molecule has 0 fully saturated rings. The second-order valence-corrected chi connectivity index (χ2v) is 8.83. The van der Waals surface area contributed by atoms with Gasteiger partial charge in [0, 0.05) is 11.4 Å². The highest BCUT2D eigenvalue weighted by Crippen LogP contribution is 2.55. The highest BCUT2D eigenvalue weighted by atomic mass is 19.1. The van der Waals surface area contributed by atoms with Crippen molar-refractivity contribution in [2.24, 2.45) is 0 Å². The van der Waals surface area contributed by atoms with Gasteiger partial charge in [0.05, 0.1) is 17.1 Å². The second-order valence-electron chi connectivity index (χ2n) is 8.83. The van der Waals surface area contributed by atoms with Crippen molar-refractivity contribution in [1.29, 1.82) is 0 Å². The third-order valence-corrected chi connectivity index (χ3v) is 6.78. The summed E-state index contributed by atoms with van der Waals surface area (Å²) in [5, 5.41) is 4.61. The molecule has 166 valence electrons. The van der Waals surface area contributed by atoms with Crippen molar-refractivity contribution >= 4 is 55.7 Å². The average Bonchev–Trinajstić information content (AvgIpc) is 2.91. The Hall–Kier alpha value is -4.63. The quantitative estimate of drug-likeness (QED) is 0.258. The topological polar surface area (TPSA) is 6.48 Å². The van der Waals surface area contributed by atoms with Gasteiger partial charge < -0.3 is 9.80 Å². The van der Waals surface area contributed by atoms with E-state index in [4.69, 9.17) is 0 Å². The molecule has 0 unspecified atom stereocenters. The van der Waals surface area contributed by atoms with E-state index in [0.29, 0.717) is 5.69 Å². The van der Waals surface area contributed by atoms with Crippen LogP contribution in [0.2, 0.25) is 0 Å². The lowest BCUT2D eigenvalue weighted by atomic mass is 10.0. The summed E-state index contributed by atoms with van der Waals surface area (Å²) >= 11 is 0. The molecule has 0 N–H and O–H groups in total. The Morgan fingerprint density at radius 1 is 0.400 bits per heavy atom. The zero-order chi connectivity index (χ0) is 23.4. The molecule has 6 aromatic rings. The molecule has 35 heavy (non-hydrogen) atoms. The maximum atomic E-state index is 15.7. The summed E-state index contributed by atoms with van der Waals surface area (Å²) in [5.74, 6) is -0.254. The van der Waals surface area contributed by atoms with Crippen LogP contribution in [0.4, 0.5) is 38.5 Å². The third kappa shape index (κ3) is 3.09. The molecule has 1 aliphatic heterocycles. The monoisotopic (exact) mass is 452 g/mol. The molecule has 0 atom stereocenters. The number of benzene rings is 6. The number of nitrogens with zero attached hydrogens (tertiary/aromatic N) is 2. The second kappa shape index (κ2) is 7.71. The Labute approximate surface area is 203 Å². The zero-order valence-corrected chi connectivity index (χ0v) is 18.9. The molecule has 0 spiro atoms. The largest absolute Gasteiger partial charge is 0.306 e. The molecule has 1 heterocycles. The first kappa shape index (κ1) is 19.8. The van der Waals surface area contributed by atoms with Gasteiger partial charge >= 0.3 is 0 Å². The van der Waals surface area contributed by atoms with Crippen LogP contribution in [0.3, 0.4) is 0 Å². The molecule has 7 rings (SSSR count). The third-order valence-electron chi connectivity index (χ3n) is 6.78. The van der Waals surface area contributed by atoms with E-state index in [-0.39, 0.29) is 5.82 Å². The summed E-state index contributed by atoms with van der Waals surface area (Å²) in [7, 11) is 0. The van der Waals surface area contributed by atoms with Crippen LogP contribution in [0.5, 0.6) is 0 Å². The molecule has 0 aliphatic carbocycles. The minimum Gasteiger partial charge on any atom is -0.306 e. The van der Waals surface area contributed by atoms with Gasteiger partial charge in [-0.3, -0.25) is 0 Å². The molecular weight excluding hydrogens is 431 g/mol. The fourth-order valence-electron chi connectivity index (χ4n) is 5.18. The van der Waals surface area contributed by atoms with Crippen molar-refractivity contribution < 1.29 is 4.39 Å².